The molecule has 206 valence electrons. The van der Waals surface area contributed by atoms with Crippen LogP contribution in [0.2, 0.25) is 0 Å². The summed E-state index contributed by atoms with van der Waals surface area (Å²) < 4.78 is -1.08. The molecule has 1 aromatic carbocycles. The maximum Gasteiger partial charge on any atom is 0.251 e. The van der Waals surface area contributed by atoms with Crippen molar-refractivity contribution in [1.82, 2.24) is 9.80 Å². The Bertz CT molecular complexity index is 1140. The molecule has 1 aromatic rings. The lowest BCUT2D eigenvalue weighted by Gasteiger charge is -2.38. The van der Waals surface area contributed by atoms with E-state index < -0.39 is 27.4 Å². The van der Waals surface area contributed by atoms with Crippen LogP contribution in [-0.2, 0) is 14.4 Å². The Balaban J connectivity index is 1.81. The molecule has 3 heterocycles. The number of amides is 3. The molecule has 4 rings (SSSR count). The molecule has 1 spiro atoms. The van der Waals surface area contributed by atoms with Crippen LogP contribution in [0.25, 0.3) is 0 Å². The van der Waals surface area contributed by atoms with E-state index >= 15 is 0 Å². The number of hydrogen-bond acceptors (Lipinski definition) is 5. The summed E-state index contributed by atoms with van der Waals surface area (Å²) in [4.78, 5) is 47.8. The first kappa shape index (κ1) is 28.4. The van der Waals surface area contributed by atoms with Gasteiger partial charge in [0.25, 0.3) is 5.91 Å². The Morgan fingerprint density at radius 3 is 2.53 bits per heavy atom. The average Bonchev–Trinajstić information content (AvgIpc) is 3.44. The van der Waals surface area contributed by atoms with Crippen LogP contribution in [0.15, 0.2) is 43.5 Å². The van der Waals surface area contributed by atoms with Crippen molar-refractivity contribution in [2.24, 2.45) is 11.8 Å². The summed E-state index contributed by atoms with van der Waals surface area (Å²) >= 11 is 1.69. The van der Waals surface area contributed by atoms with Crippen molar-refractivity contribution in [3.8, 4) is 0 Å². The van der Waals surface area contributed by atoms with Gasteiger partial charge in [-0.2, -0.15) is 0 Å². The van der Waals surface area contributed by atoms with Crippen molar-refractivity contribution in [1.29, 1.82) is 0 Å². The molecule has 0 aliphatic carbocycles. The highest BCUT2D eigenvalue weighted by Gasteiger charge is 2.77. The number of anilines is 1. The summed E-state index contributed by atoms with van der Waals surface area (Å²) in [5.41, 5.74) is 2.84. The normalized spacial score (nSPS) is 29.3. The summed E-state index contributed by atoms with van der Waals surface area (Å²) in [5, 5.41) is 9.42. The largest absolute Gasteiger partial charge is 0.396 e. The number of unbranched alkanes of at least 4 members (excludes halogenated alkanes) is 1. The quantitative estimate of drug-likeness (QED) is 0.343. The standard InChI is InChI=1S/C30H41N3O4S/c1-7-15-31(6)26(35)23-24-27(36)33(17-9-10-18-34)25(30(24)14-13-29(23,5)38-30)28(37)32(16-8-2)22-19-20(3)11-12-21(22)4/h7-8,11-12,19,23-25,34H,1-2,9-10,13-18H2,3-6H3/t23-,24-,25?,29+,30?/m0/s1. The lowest BCUT2D eigenvalue weighted by Crippen LogP contribution is -2.55. The van der Waals surface area contributed by atoms with Gasteiger partial charge < -0.3 is 19.8 Å². The Kier molecular flexibility index (Phi) is 8.15. The number of nitrogens with zero attached hydrogens (tertiary/aromatic N) is 3. The molecule has 38 heavy (non-hydrogen) atoms. The number of carbonyl (C=O) groups is 3. The molecule has 0 saturated carbocycles. The van der Waals surface area contributed by atoms with Crippen LogP contribution in [0.4, 0.5) is 5.69 Å². The molecular weight excluding hydrogens is 498 g/mol. The summed E-state index contributed by atoms with van der Waals surface area (Å²) in [6.45, 7) is 14.9. The zero-order valence-corrected chi connectivity index (χ0v) is 23.9. The maximum absolute atomic E-state index is 14.6. The minimum atomic E-state index is -0.687. The number of aliphatic hydroxyl groups is 1. The third kappa shape index (κ3) is 4.49. The Hall–Kier alpha value is -2.58. The van der Waals surface area contributed by atoms with Crippen molar-refractivity contribution >= 4 is 35.2 Å². The van der Waals surface area contributed by atoms with Crippen LogP contribution in [0.1, 0.15) is 43.7 Å². The number of benzene rings is 1. The summed E-state index contributed by atoms with van der Waals surface area (Å²) in [6, 6.07) is 5.36. The van der Waals surface area contributed by atoms with E-state index in [0.29, 0.717) is 38.9 Å². The van der Waals surface area contributed by atoms with E-state index in [9.17, 15) is 19.5 Å². The van der Waals surface area contributed by atoms with Crippen molar-refractivity contribution in [2.75, 3.05) is 38.2 Å². The van der Waals surface area contributed by atoms with E-state index in [1.807, 2.05) is 32.0 Å². The zero-order chi connectivity index (χ0) is 27.8. The SMILES string of the molecule is C=CCN(C)C(=O)[C@@H]1[C@H]2C(=O)N(CCCCO)C(C(=O)N(CC=C)c3cc(C)ccc3C)C23CC[C@@]1(C)S3. The third-order valence-corrected chi connectivity index (χ3v) is 10.6. The fourth-order valence-electron chi connectivity index (χ4n) is 6.83. The first-order valence-electron chi connectivity index (χ1n) is 13.5. The molecule has 5 atom stereocenters. The summed E-state index contributed by atoms with van der Waals surface area (Å²) in [7, 11) is 1.75. The predicted molar refractivity (Wildman–Crippen MR) is 153 cm³/mol. The van der Waals surface area contributed by atoms with Gasteiger partial charge in [-0.05, 0) is 63.6 Å². The number of thioether (sulfide) groups is 1. The number of rotatable bonds is 11. The van der Waals surface area contributed by atoms with Gasteiger partial charge >= 0.3 is 0 Å². The smallest absolute Gasteiger partial charge is 0.251 e. The number of aliphatic hydroxyl groups excluding tert-OH is 1. The number of likely N-dealkylation sites (N-methyl/N-ethyl adjacent to an activating group) is 1. The minimum Gasteiger partial charge on any atom is -0.396 e. The second kappa shape index (κ2) is 10.9. The molecule has 8 heteroatoms. The van der Waals surface area contributed by atoms with Crippen molar-refractivity contribution < 1.29 is 19.5 Å². The van der Waals surface area contributed by atoms with Gasteiger partial charge in [0, 0.05) is 43.7 Å². The van der Waals surface area contributed by atoms with Gasteiger partial charge in [-0.15, -0.1) is 24.9 Å². The van der Waals surface area contributed by atoms with E-state index in [0.717, 1.165) is 23.2 Å². The molecule has 0 aromatic heterocycles. The highest BCUT2D eigenvalue weighted by Crippen LogP contribution is 2.71. The van der Waals surface area contributed by atoms with E-state index in [2.05, 4.69) is 20.1 Å². The van der Waals surface area contributed by atoms with Crippen LogP contribution in [-0.4, -0.2) is 81.5 Å². The van der Waals surface area contributed by atoms with Gasteiger partial charge in [0.15, 0.2) is 0 Å². The first-order chi connectivity index (χ1) is 18.1. The molecule has 3 aliphatic heterocycles. The number of likely N-dealkylation sites (tertiary alicyclic amines) is 1. The molecule has 3 fully saturated rings. The fourth-order valence-corrected chi connectivity index (χ4v) is 9.17. The van der Waals surface area contributed by atoms with Crippen molar-refractivity contribution in [3.63, 3.8) is 0 Å². The van der Waals surface area contributed by atoms with Crippen LogP contribution in [0.3, 0.4) is 0 Å². The van der Waals surface area contributed by atoms with Crippen LogP contribution >= 0.6 is 11.8 Å². The molecular formula is C30H41N3O4S. The van der Waals surface area contributed by atoms with Gasteiger partial charge in [-0.1, -0.05) is 24.3 Å². The Morgan fingerprint density at radius 2 is 1.87 bits per heavy atom. The highest BCUT2D eigenvalue weighted by atomic mass is 32.2. The Labute approximate surface area is 230 Å². The lowest BCUT2D eigenvalue weighted by atomic mass is 9.66. The average molecular weight is 540 g/mol. The van der Waals surface area contributed by atoms with E-state index in [1.54, 1.807) is 45.7 Å². The summed E-state index contributed by atoms with van der Waals surface area (Å²) in [6.07, 6.45) is 6.04. The van der Waals surface area contributed by atoms with Crippen LogP contribution in [0, 0.1) is 25.7 Å². The van der Waals surface area contributed by atoms with Crippen LogP contribution in [0.5, 0.6) is 0 Å². The topological polar surface area (TPSA) is 81.2 Å². The molecule has 3 aliphatic rings. The zero-order valence-electron chi connectivity index (χ0n) is 23.1. The lowest BCUT2D eigenvalue weighted by molar-refractivity contribution is -0.144. The van der Waals surface area contributed by atoms with Crippen molar-refractivity contribution in [2.45, 2.75) is 62.0 Å². The van der Waals surface area contributed by atoms with Crippen molar-refractivity contribution in [3.05, 3.63) is 54.6 Å². The number of aryl methyl sites for hydroxylation is 2. The van der Waals surface area contributed by atoms with E-state index in [-0.39, 0.29) is 24.3 Å². The molecule has 2 bridgehead atoms. The van der Waals surface area contributed by atoms with Crippen LogP contribution < -0.4 is 4.90 Å². The molecule has 7 nitrogen and oxygen atoms in total. The summed E-state index contributed by atoms with van der Waals surface area (Å²) in [5.74, 6) is -1.34. The monoisotopic (exact) mass is 539 g/mol. The molecule has 2 unspecified atom stereocenters. The van der Waals surface area contributed by atoms with Gasteiger partial charge in [0.05, 0.1) is 16.6 Å². The maximum atomic E-state index is 14.6. The van der Waals surface area contributed by atoms with E-state index in [4.69, 9.17) is 0 Å². The van der Waals surface area contributed by atoms with Gasteiger partial charge in [-0.25, -0.2) is 0 Å². The van der Waals surface area contributed by atoms with Gasteiger partial charge in [0.1, 0.15) is 6.04 Å². The second-order valence-corrected chi connectivity index (χ2v) is 13.1. The molecule has 0 radical (unpaired) electrons. The minimum absolute atomic E-state index is 0.0283. The molecule has 3 amide bonds. The number of hydrogen-bond donors (Lipinski definition) is 1. The number of carbonyl (C=O) groups excluding carboxylic acids is 3. The fraction of sp³-hybridized carbons (Fsp3) is 0.567. The highest BCUT2D eigenvalue weighted by molar-refractivity contribution is 8.02. The van der Waals surface area contributed by atoms with Gasteiger partial charge in [0.2, 0.25) is 11.8 Å². The second-order valence-electron chi connectivity index (χ2n) is 11.2. The third-order valence-electron chi connectivity index (χ3n) is 8.60. The predicted octanol–water partition coefficient (Wildman–Crippen LogP) is 3.72. The van der Waals surface area contributed by atoms with E-state index in [1.165, 1.54) is 0 Å². The molecule has 3 saturated heterocycles. The Morgan fingerprint density at radius 1 is 1.16 bits per heavy atom. The number of fused-ring (bicyclic) bond motifs is 1. The first-order valence-corrected chi connectivity index (χ1v) is 14.3. The molecule has 1 N–H and O–H groups in total. The van der Waals surface area contributed by atoms with Gasteiger partial charge in [-0.3, -0.25) is 14.4 Å².